The Morgan fingerprint density at radius 2 is 1.78 bits per heavy atom. The second kappa shape index (κ2) is 7.49. The molecule has 0 bridgehead atoms. The summed E-state index contributed by atoms with van der Waals surface area (Å²) in [5.41, 5.74) is 0. The number of likely N-dealkylation sites (tertiary alicyclic amines) is 1. The van der Waals surface area contributed by atoms with Crippen molar-refractivity contribution in [2.24, 2.45) is 17.8 Å². The molecular weight excluding hydrogens is 220 g/mol. The number of hydrogen-bond donors (Lipinski definition) is 1. The van der Waals surface area contributed by atoms with E-state index in [0.717, 1.165) is 17.8 Å². The van der Waals surface area contributed by atoms with Gasteiger partial charge in [-0.1, -0.05) is 26.7 Å². The van der Waals surface area contributed by atoms with Crippen LogP contribution in [0.15, 0.2) is 0 Å². The van der Waals surface area contributed by atoms with Gasteiger partial charge in [-0.25, -0.2) is 0 Å². The highest BCUT2D eigenvalue weighted by Gasteiger charge is 2.18. The van der Waals surface area contributed by atoms with Gasteiger partial charge in [-0.2, -0.15) is 0 Å². The van der Waals surface area contributed by atoms with Crippen LogP contribution in [0.3, 0.4) is 0 Å². The van der Waals surface area contributed by atoms with Crippen LogP contribution in [0.2, 0.25) is 0 Å². The van der Waals surface area contributed by atoms with Gasteiger partial charge in [0.2, 0.25) is 0 Å². The predicted octanol–water partition coefficient (Wildman–Crippen LogP) is 3.13. The average Bonchev–Trinajstić information content (AvgIpc) is 2.37. The molecule has 2 atom stereocenters. The van der Waals surface area contributed by atoms with Gasteiger partial charge in [-0.3, -0.25) is 0 Å². The lowest BCUT2D eigenvalue weighted by atomic mass is 9.82. The maximum absolute atomic E-state index is 3.69. The van der Waals surface area contributed by atoms with Crippen LogP contribution in [-0.2, 0) is 0 Å². The molecule has 2 rings (SSSR count). The normalized spacial score (nSPS) is 31.7. The largest absolute Gasteiger partial charge is 0.315 e. The first-order chi connectivity index (χ1) is 8.74. The maximum Gasteiger partial charge on any atom is 0.0107 e. The molecule has 1 saturated heterocycles. The molecule has 0 spiro atoms. The molecule has 2 nitrogen and oxygen atoms in total. The molecule has 0 aromatic carbocycles. The Kier molecular flexibility index (Phi) is 5.97. The van der Waals surface area contributed by atoms with Crippen molar-refractivity contribution in [3.63, 3.8) is 0 Å². The molecule has 1 heterocycles. The monoisotopic (exact) mass is 252 g/mol. The van der Waals surface area contributed by atoms with E-state index in [9.17, 15) is 0 Å². The molecule has 0 aromatic heterocycles. The minimum Gasteiger partial charge on any atom is -0.315 e. The highest BCUT2D eigenvalue weighted by molar-refractivity contribution is 4.73. The SMILES string of the molecule is CC1CCN(CCNCC2CCCC(C)C2)CC1. The lowest BCUT2D eigenvalue weighted by molar-refractivity contribution is 0.190. The first-order valence-corrected chi connectivity index (χ1v) is 8.17. The summed E-state index contributed by atoms with van der Waals surface area (Å²) in [5.74, 6) is 2.88. The van der Waals surface area contributed by atoms with Crippen molar-refractivity contribution < 1.29 is 0 Å². The summed E-state index contributed by atoms with van der Waals surface area (Å²) in [4.78, 5) is 2.64. The molecule has 2 aliphatic rings. The summed E-state index contributed by atoms with van der Waals surface area (Å²) in [6.45, 7) is 11.2. The van der Waals surface area contributed by atoms with E-state index < -0.39 is 0 Å². The van der Waals surface area contributed by atoms with Crippen molar-refractivity contribution in [3.05, 3.63) is 0 Å². The summed E-state index contributed by atoms with van der Waals surface area (Å²) >= 11 is 0. The average molecular weight is 252 g/mol. The number of rotatable bonds is 5. The van der Waals surface area contributed by atoms with Gasteiger partial charge in [-0.05, 0) is 63.1 Å². The molecule has 1 aliphatic carbocycles. The number of nitrogens with one attached hydrogen (secondary N) is 1. The minimum absolute atomic E-state index is 0.954. The molecule has 0 amide bonds. The lowest BCUT2D eigenvalue weighted by Crippen LogP contribution is -2.39. The molecule has 1 N–H and O–H groups in total. The molecule has 1 aliphatic heterocycles. The van der Waals surface area contributed by atoms with Crippen molar-refractivity contribution in [1.82, 2.24) is 10.2 Å². The van der Waals surface area contributed by atoms with Crippen molar-refractivity contribution in [3.8, 4) is 0 Å². The second-order valence-corrected chi connectivity index (χ2v) is 6.87. The molecule has 18 heavy (non-hydrogen) atoms. The Labute approximate surface area is 114 Å². The fraction of sp³-hybridized carbons (Fsp3) is 1.00. The molecule has 0 aromatic rings. The predicted molar refractivity (Wildman–Crippen MR) is 78.8 cm³/mol. The Balaban J connectivity index is 1.50. The Bertz CT molecular complexity index is 221. The highest BCUT2D eigenvalue weighted by Crippen LogP contribution is 2.27. The van der Waals surface area contributed by atoms with Gasteiger partial charge in [0.15, 0.2) is 0 Å². The van der Waals surface area contributed by atoms with E-state index in [1.165, 1.54) is 71.2 Å². The van der Waals surface area contributed by atoms with E-state index >= 15 is 0 Å². The van der Waals surface area contributed by atoms with Crippen LogP contribution in [-0.4, -0.2) is 37.6 Å². The maximum atomic E-state index is 3.69. The first-order valence-electron chi connectivity index (χ1n) is 8.17. The molecule has 1 saturated carbocycles. The van der Waals surface area contributed by atoms with Crippen LogP contribution < -0.4 is 5.32 Å². The molecule has 2 heteroatoms. The molecular formula is C16H32N2. The summed E-state index contributed by atoms with van der Waals surface area (Å²) in [5, 5.41) is 3.69. The minimum atomic E-state index is 0.954. The Morgan fingerprint density at radius 1 is 1.00 bits per heavy atom. The van der Waals surface area contributed by atoms with Crippen LogP contribution >= 0.6 is 0 Å². The molecule has 0 radical (unpaired) electrons. The van der Waals surface area contributed by atoms with Crippen molar-refractivity contribution in [1.29, 1.82) is 0 Å². The van der Waals surface area contributed by atoms with E-state index in [0.29, 0.717) is 0 Å². The van der Waals surface area contributed by atoms with Gasteiger partial charge in [0.05, 0.1) is 0 Å². The standard InChI is InChI=1S/C16H32N2/c1-14-6-9-18(10-7-14)11-8-17-13-16-5-3-4-15(2)12-16/h14-17H,3-13H2,1-2H3. The summed E-state index contributed by atoms with van der Waals surface area (Å²) < 4.78 is 0. The van der Waals surface area contributed by atoms with Gasteiger partial charge in [0.1, 0.15) is 0 Å². The quantitative estimate of drug-likeness (QED) is 0.756. The number of hydrogen-bond acceptors (Lipinski definition) is 2. The second-order valence-electron chi connectivity index (χ2n) is 6.87. The fourth-order valence-corrected chi connectivity index (χ4v) is 3.57. The van der Waals surface area contributed by atoms with Crippen molar-refractivity contribution >= 4 is 0 Å². The first kappa shape index (κ1) is 14.3. The number of nitrogens with zero attached hydrogens (tertiary/aromatic N) is 1. The smallest absolute Gasteiger partial charge is 0.0107 e. The molecule has 2 fully saturated rings. The van der Waals surface area contributed by atoms with E-state index in [2.05, 4.69) is 24.1 Å². The molecule has 106 valence electrons. The van der Waals surface area contributed by atoms with Crippen LogP contribution in [0.25, 0.3) is 0 Å². The van der Waals surface area contributed by atoms with Gasteiger partial charge in [-0.15, -0.1) is 0 Å². The van der Waals surface area contributed by atoms with Gasteiger partial charge in [0.25, 0.3) is 0 Å². The zero-order valence-electron chi connectivity index (χ0n) is 12.5. The topological polar surface area (TPSA) is 15.3 Å². The van der Waals surface area contributed by atoms with E-state index in [4.69, 9.17) is 0 Å². The highest BCUT2D eigenvalue weighted by atomic mass is 15.1. The van der Waals surface area contributed by atoms with Crippen LogP contribution in [0.5, 0.6) is 0 Å². The molecule has 2 unspecified atom stereocenters. The zero-order chi connectivity index (χ0) is 12.8. The zero-order valence-corrected chi connectivity index (χ0v) is 12.5. The van der Waals surface area contributed by atoms with E-state index in [1.807, 2.05) is 0 Å². The van der Waals surface area contributed by atoms with Gasteiger partial charge >= 0.3 is 0 Å². The summed E-state index contributed by atoms with van der Waals surface area (Å²) in [6, 6.07) is 0. The van der Waals surface area contributed by atoms with Gasteiger partial charge < -0.3 is 10.2 Å². The van der Waals surface area contributed by atoms with Crippen molar-refractivity contribution in [2.45, 2.75) is 52.4 Å². The van der Waals surface area contributed by atoms with Crippen LogP contribution in [0.4, 0.5) is 0 Å². The third kappa shape index (κ3) is 4.89. The summed E-state index contributed by atoms with van der Waals surface area (Å²) in [6.07, 6.45) is 8.63. The number of piperidine rings is 1. The van der Waals surface area contributed by atoms with Crippen LogP contribution in [0.1, 0.15) is 52.4 Å². The lowest BCUT2D eigenvalue weighted by Gasteiger charge is -2.31. The third-order valence-corrected chi connectivity index (χ3v) is 4.96. The Morgan fingerprint density at radius 3 is 2.50 bits per heavy atom. The van der Waals surface area contributed by atoms with Gasteiger partial charge in [0, 0.05) is 13.1 Å². The van der Waals surface area contributed by atoms with E-state index in [-0.39, 0.29) is 0 Å². The van der Waals surface area contributed by atoms with Crippen molar-refractivity contribution in [2.75, 3.05) is 32.7 Å². The summed E-state index contributed by atoms with van der Waals surface area (Å²) in [7, 11) is 0. The third-order valence-electron chi connectivity index (χ3n) is 4.96. The Hall–Kier alpha value is -0.0800. The van der Waals surface area contributed by atoms with Crippen LogP contribution in [0, 0.1) is 17.8 Å². The fourth-order valence-electron chi connectivity index (χ4n) is 3.57. The van der Waals surface area contributed by atoms with E-state index in [1.54, 1.807) is 0 Å².